The number of ketones is 1. The van der Waals surface area contributed by atoms with Gasteiger partial charge in [0, 0.05) is 12.3 Å². The minimum atomic E-state index is 0.354. The molecule has 0 saturated heterocycles. The van der Waals surface area contributed by atoms with Crippen LogP contribution in [0.15, 0.2) is 11.6 Å². The van der Waals surface area contributed by atoms with Crippen molar-refractivity contribution in [2.75, 3.05) is 0 Å². The summed E-state index contributed by atoms with van der Waals surface area (Å²) in [6.07, 6.45) is 10.6. The van der Waals surface area contributed by atoms with Gasteiger partial charge in [0.25, 0.3) is 0 Å². The average molecular weight is 192 g/mol. The quantitative estimate of drug-likeness (QED) is 0.612. The molecule has 0 aromatic heterocycles. The van der Waals surface area contributed by atoms with Gasteiger partial charge in [0.2, 0.25) is 0 Å². The Morgan fingerprint density at radius 3 is 3.14 bits per heavy atom. The van der Waals surface area contributed by atoms with E-state index >= 15 is 0 Å². The molecule has 0 bridgehead atoms. The van der Waals surface area contributed by atoms with Gasteiger partial charge in [-0.25, -0.2) is 0 Å². The van der Waals surface area contributed by atoms with E-state index < -0.39 is 0 Å². The molecule has 0 heterocycles. The molecule has 0 radical (unpaired) electrons. The van der Waals surface area contributed by atoms with Crippen LogP contribution < -0.4 is 0 Å². The summed E-state index contributed by atoms with van der Waals surface area (Å²) in [4.78, 5) is 11.6. The molecular formula is C13H20O. The maximum Gasteiger partial charge on any atom is 0.136 e. The number of fused-ring (bicyclic) bond motifs is 1. The maximum atomic E-state index is 11.6. The Balaban J connectivity index is 2.02. The average Bonchev–Trinajstić information content (AvgIpc) is 2.27. The first kappa shape index (κ1) is 9.95. The summed E-state index contributed by atoms with van der Waals surface area (Å²) < 4.78 is 0. The molecular weight excluding hydrogens is 172 g/mol. The standard InChI is InChI=1S/C13H20O/c1-2-13(14)12-8-7-10-5-3-4-6-11(10)9-12/h7,11-12H,2-6,8-9H2,1H3. The van der Waals surface area contributed by atoms with E-state index in [2.05, 4.69) is 6.08 Å². The van der Waals surface area contributed by atoms with Crippen LogP contribution in [0.25, 0.3) is 0 Å². The zero-order valence-electron chi connectivity index (χ0n) is 9.09. The van der Waals surface area contributed by atoms with Gasteiger partial charge in [0.15, 0.2) is 0 Å². The fourth-order valence-electron chi connectivity index (χ4n) is 2.93. The highest BCUT2D eigenvalue weighted by Gasteiger charge is 2.28. The van der Waals surface area contributed by atoms with Crippen molar-refractivity contribution in [1.29, 1.82) is 0 Å². The van der Waals surface area contributed by atoms with Crippen molar-refractivity contribution < 1.29 is 4.79 Å². The predicted octanol–water partition coefficient (Wildman–Crippen LogP) is 3.49. The molecule has 2 rings (SSSR count). The first-order chi connectivity index (χ1) is 6.81. The Labute approximate surface area is 86.6 Å². The van der Waals surface area contributed by atoms with Crippen LogP contribution in [-0.2, 0) is 4.79 Å². The summed E-state index contributed by atoms with van der Waals surface area (Å²) in [5.41, 5.74) is 1.66. The molecule has 2 atom stereocenters. The topological polar surface area (TPSA) is 17.1 Å². The van der Waals surface area contributed by atoms with Crippen LogP contribution in [-0.4, -0.2) is 5.78 Å². The van der Waals surface area contributed by atoms with E-state index in [1.165, 1.54) is 25.7 Å². The van der Waals surface area contributed by atoms with Gasteiger partial charge in [-0.05, 0) is 38.0 Å². The number of Topliss-reactive ketones (excluding diaryl/α,β-unsaturated/α-hetero) is 1. The van der Waals surface area contributed by atoms with E-state index in [1.54, 1.807) is 5.57 Å². The van der Waals surface area contributed by atoms with Crippen LogP contribution in [0.5, 0.6) is 0 Å². The van der Waals surface area contributed by atoms with Crippen molar-refractivity contribution >= 4 is 5.78 Å². The minimum Gasteiger partial charge on any atom is -0.299 e. The van der Waals surface area contributed by atoms with Gasteiger partial charge in [0.05, 0.1) is 0 Å². The Kier molecular flexibility index (Phi) is 3.05. The lowest BCUT2D eigenvalue weighted by atomic mass is 9.72. The summed E-state index contributed by atoms with van der Waals surface area (Å²) in [7, 11) is 0. The molecule has 0 spiro atoms. The molecule has 2 aliphatic carbocycles. The van der Waals surface area contributed by atoms with Gasteiger partial charge < -0.3 is 0 Å². The molecule has 2 aliphatic rings. The second-order valence-corrected chi connectivity index (χ2v) is 4.71. The van der Waals surface area contributed by atoms with Crippen molar-refractivity contribution in [2.45, 2.75) is 51.9 Å². The number of carbonyl (C=O) groups is 1. The number of rotatable bonds is 2. The van der Waals surface area contributed by atoms with Crippen molar-refractivity contribution in [2.24, 2.45) is 11.8 Å². The number of hydrogen-bond acceptors (Lipinski definition) is 1. The Bertz CT molecular complexity index is 252. The monoisotopic (exact) mass is 192 g/mol. The number of hydrogen-bond donors (Lipinski definition) is 0. The number of allylic oxidation sites excluding steroid dienone is 2. The lowest BCUT2D eigenvalue weighted by Gasteiger charge is -2.32. The van der Waals surface area contributed by atoms with E-state index in [4.69, 9.17) is 0 Å². The molecule has 1 nitrogen and oxygen atoms in total. The summed E-state index contributed by atoms with van der Waals surface area (Å²) in [6, 6.07) is 0. The lowest BCUT2D eigenvalue weighted by molar-refractivity contribution is -0.123. The van der Waals surface area contributed by atoms with E-state index in [9.17, 15) is 4.79 Å². The molecule has 2 unspecified atom stereocenters. The highest BCUT2D eigenvalue weighted by molar-refractivity contribution is 5.81. The molecule has 0 aromatic carbocycles. The largest absolute Gasteiger partial charge is 0.299 e. The highest BCUT2D eigenvalue weighted by atomic mass is 16.1. The Hall–Kier alpha value is -0.590. The molecule has 1 heteroatoms. The molecule has 0 amide bonds. The van der Waals surface area contributed by atoms with E-state index in [1.807, 2.05) is 6.92 Å². The minimum absolute atomic E-state index is 0.354. The van der Waals surface area contributed by atoms with Crippen LogP contribution in [0, 0.1) is 11.8 Å². The van der Waals surface area contributed by atoms with E-state index in [0.29, 0.717) is 11.7 Å². The predicted molar refractivity (Wildman–Crippen MR) is 58.1 cm³/mol. The van der Waals surface area contributed by atoms with Gasteiger partial charge in [-0.1, -0.05) is 25.0 Å². The van der Waals surface area contributed by atoms with Gasteiger partial charge in [-0.3, -0.25) is 4.79 Å². The third-order valence-electron chi connectivity index (χ3n) is 3.83. The number of carbonyl (C=O) groups excluding carboxylic acids is 1. The van der Waals surface area contributed by atoms with Crippen molar-refractivity contribution in [3.05, 3.63) is 11.6 Å². The maximum absolute atomic E-state index is 11.6. The van der Waals surface area contributed by atoms with Crippen LogP contribution in [0.2, 0.25) is 0 Å². The van der Waals surface area contributed by atoms with Crippen LogP contribution in [0.4, 0.5) is 0 Å². The Morgan fingerprint density at radius 2 is 2.36 bits per heavy atom. The van der Waals surface area contributed by atoms with E-state index in [-0.39, 0.29) is 0 Å². The van der Waals surface area contributed by atoms with Crippen LogP contribution in [0.3, 0.4) is 0 Å². The van der Waals surface area contributed by atoms with Crippen molar-refractivity contribution in [1.82, 2.24) is 0 Å². The summed E-state index contributed by atoms with van der Waals surface area (Å²) in [5, 5.41) is 0. The molecule has 78 valence electrons. The van der Waals surface area contributed by atoms with Gasteiger partial charge >= 0.3 is 0 Å². The van der Waals surface area contributed by atoms with Crippen LogP contribution >= 0.6 is 0 Å². The SMILES string of the molecule is CCC(=O)C1CC=C2CCCCC2C1. The second-order valence-electron chi connectivity index (χ2n) is 4.71. The van der Waals surface area contributed by atoms with Crippen LogP contribution in [0.1, 0.15) is 51.9 Å². The van der Waals surface area contributed by atoms with E-state index in [0.717, 1.165) is 25.2 Å². The summed E-state index contributed by atoms with van der Waals surface area (Å²) in [5.74, 6) is 1.59. The molecule has 14 heavy (non-hydrogen) atoms. The first-order valence-electron chi connectivity index (χ1n) is 6.03. The highest BCUT2D eigenvalue weighted by Crippen LogP contribution is 2.39. The third kappa shape index (κ3) is 1.92. The zero-order chi connectivity index (χ0) is 9.97. The molecule has 0 aliphatic heterocycles. The smallest absolute Gasteiger partial charge is 0.136 e. The Morgan fingerprint density at radius 1 is 1.50 bits per heavy atom. The molecule has 0 aromatic rings. The molecule has 0 N–H and O–H groups in total. The van der Waals surface area contributed by atoms with Gasteiger partial charge in [-0.15, -0.1) is 0 Å². The van der Waals surface area contributed by atoms with Crippen molar-refractivity contribution in [3.8, 4) is 0 Å². The molecule has 1 saturated carbocycles. The summed E-state index contributed by atoms with van der Waals surface area (Å²) in [6.45, 7) is 1.99. The lowest BCUT2D eigenvalue weighted by Crippen LogP contribution is -2.24. The van der Waals surface area contributed by atoms with Gasteiger partial charge in [-0.2, -0.15) is 0 Å². The summed E-state index contributed by atoms with van der Waals surface area (Å²) >= 11 is 0. The third-order valence-corrected chi connectivity index (χ3v) is 3.83. The normalized spacial score (nSPS) is 31.9. The fourth-order valence-corrected chi connectivity index (χ4v) is 2.93. The molecule has 1 fully saturated rings. The second kappa shape index (κ2) is 4.29. The van der Waals surface area contributed by atoms with Gasteiger partial charge in [0.1, 0.15) is 5.78 Å². The van der Waals surface area contributed by atoms with Crippen molar-refractivity contribution in [3.63, 3.8) is 0 Å². The first-order valence-corrected chi connectivity index (χ1v) is 6.03. The zero-order valence-corrected chi connectivity index (χ0v) is 9.09. The fraction of sp³-hybridized carbons (Fsp3) is 0.769.